The molecule has 0 aliphatic heterocycles. The first kappa shape index (κ1) is 24.9. The number of hydrogen-bond acceptors (Lipinski definition) is 0. The van der Waals surface area contributed by atoms with Crippen LogP contribution in [0.1, 0.15) is 52.4 Å². The van der Waals surface area contributed by atoms with Gasteiger partial charge in [0.05, 0.1) is 0 Å². The van der Waals surface area contributed by atoms with Crippen molar-refractivity contribution in [1.29, 1.82) is 0 Å². The van der Waals surface area contributed by atoms with Crippen molar-refractivity contribution in [3.05, 3.63) is 47.6 Å². The van der Waals surface area contributed by atoms with Gasteiger partial charge in [0.15, 0.2) is 0 Å². The fourth-order valence-corrected chi connectivity index (χ4v) is 31.9. The number of allylic oxidation sites excluding steroid dienone is 8. The molecule has 0 N–H and O–H groups in total. The van der Waals surface area contributed by atoms with Crippen molar-refractivity contribution in [2.45, 2.75) is 68.9 Å². The van der Waals surface area contributed by atoms with Gasteiger partial charge in [-0.25, -0.2) is 0 Å². The molecule has 0 amide bonds. The largest absolute Gasteiger partial charge is 0.147 e. The standard InChI is InChI=1S/2C11H15.2CH3.2ClH.H2Si.Zr/c2*1-2-9-7-10-5-3-4-6-11(10)8-9;;;;;;/h2*3-5,7,9,11H,2,6,8H2,1H3;2*1H3;2*1H;1H2;. The molecule has 0 aromatic heterocycles. The molecule has 158 valence electrons. The molecule has 0 aromatic rings. The van der Waals surface area contributed by atoms with Gasteiger partial charge in [-0.05, 0) is 0 Å². The minimum atomic E-state index is -3.00. The van der Waals surface area contributed by atoms with Crippen LogP contribution in [0.3, 0.4) is 0 Å². The van der Waals surface area contributed by atoms with Crippen LogP contribution in [-0.2, 0) is 17.4 Å². The van der Waals surface area contributed by atoms with Crippen molar-refractivity contribution < 1.29 is 17.4 Å². The normalized spacial score (nSPS) is 36.6. The molecule has 0 bridgehead atoms. The van der Waals surface area contributed by atoms with Gasteiger partial charge in [0.1, 0.15) is 0 Å². The summed E-state index contributed by atoms with van der Waals surface area (Å²) < 4.78 is 7.62. The summed E-state index contributed by atoms with van der Waals surface area (Å²) in [6.45, 7) is 7.51. The second-order valence-electron chi connectivity index (χ2n) is 10.8. The van der Waals surface area contributed by atoms with E-state index >= 15 is 0 Å². The van der Waals surface area contributed by atoms with Gasteiger partial charge in [-0.3, -0.25) is 0 Å². The first-order chi connectivity index (χ1) is 12.4. The smallest absolute Gasteiger partial charge is 0.147 e. The van der Waals surface area contributed by atoms with Gasteiger partial charge in [0.25, 0.3) is 0 Å². The van der Waals surface area contributed by atoms with Crippen molar-refractivity contribution in [3.8, 4) is 0 Å². The predicted molar refractivity (Wildman–Crippen MR) is 130 cm³/mol. The van der Waals surface area contributed by atoms with E-state index in [1.165, 1.54) is 38.5 Å². The summed E-state index contributed by atoms with van der Waals surface area (Å²) >= 11 is -3.00. The Labute approximate surface area is 188 Å². The molecule has 0 saturated heterocycles. The number of hydrogen-bond donors (Lipinski definition) is 0. The Morgan fingerprint density at radius 2 is 1.21 bits per heavy atom. The van der Waals surface area contributed by atoms with Crippen molar-refractivity contribution >= 4 is 31.7 Å². The number of halogens is 2. The molecule has 0 spiro atoms. The zero-order chi connectivity index (χ0) is 18.6. The minimum Gasteiger partial charge on any atom is -0.147 e. The van der Waals surface area contributed by atoms with Gasteiger partial charge in [-0.2, -0.15) is 0 Å². The molecule has 4 aliphatic rings. The van der Waals surface area contributed by atoms with Gasteiger partial charge in [-0.15, -0.1) is 24.8 Å². The third-order valence-corrected chi connectivity index (χ3v) is 27.8. The Hall–Kier alpha value is 0.640. The maximum absolute atomic E-state index is 3.00. The summed E-state index contributed by atoms with van der Waals surface area (Å²) in [5.41, 5.74) is 3.77. The summed E-state index contributed by atoms with van der Waals surface area (Å²) in [4.78, 5) is 0. The van der Waals surface area contributed by atoms with Crippen LogP contribution in [0, 0.1) is 23.7 Å². The quantitative estimate of drug-likeness (QED) is 0.336. The fraction of sp³-hybridized carbons (Fsp3) is 0.667. The van der Waals surface area contributed by atoms with E-state index in [-0.39, 0.29) is 24.8 Å². The minimum absolute atomic E-state index is 0. The van der Waals surface area contributed by atoms with Crippen LogP contribution >= 0.6 is 24.8 Å². The first-order valence-electron chi connectivity index (χ1n) is 11.2. The summed E-state index contributed by atoms with van der Waals surface area (Å²) in [6.07, 6.45) is 23.0. The van der Waals surface area contributed by atoms with Gasteiger partial charge in [0, 0.05) is 0 Å². The molecule has 0 heterocycles. The van der Waals surface area contributed by atoms with E-state index < -0.39 is 17.4 Å². The second-order valence-corrected chi connectivity index (χ2v) is 41.4. The average Bonchev–Trinajstić information content (AvgIpc) is 3.20. The Bertz CT molecular complexity index is 711. The molecular weight excluding hydrogens is 478 g/mol. The molecule has 4 heteroatoms. The molecule has 2 saturated carbocycles. The van der Waals surface area contributed by atoms with E-state index in [1.54, 1.807) is 0 Å². The molecule has 6 unspecified atom stereocenters. The number of fused-ring (bicyclic) bond motifs is 2. The fourth-order valence-electron chi connectivity index (χ4n) is 7.76. The average molecular weight is 519 g/mol. The van der Waals surface area contributed by atoms with Crippen LogP contribution in [0.4, 0.5) is 0 Å². The van der Waals surface area contributed by atoms with Gasteiger partial charge < -0.3 is 0 Å². The maximum atomic E-state index is 2.86. The molecule has 6 atom stereocenters. The topological polar surface area (TPSA) is 0 Å². The van der Waals surface area contributed by atoms with Gasteiger partial charge in [-0.1, -0.05) is 0 Å². The molecule has 0 radical (unpaired) electrons. The molecule has 2 fully saturated rings. The summed E-state index contributed by atoms with van der Waals surface area (Å²) in [5, 5.41) is 0. The van der Waals surface area contributed by atoms with Crippen molar-refractivity contribution in [3.63, 3.8) is 0 Å². The van der Waals surface area contributed by atoms with Crippen LogP contribution in [0.5, 0.6) is 0 Å². The summed E-state index contributed by atoms with van der Waals surface area (Å²) in [7, 11) is 0. The zero-order valence-corrected chi connectivity index (χ0v) is 23.7. The van der Waals surface area contributed by atoms with Crippen molar-refractivity contribution in [1.82, 2.24) is 0 Å². The van der Waals surface area contributed by atoms with Crippen LogP contribution in [0.2, 0.25) is 16.5 Å². The van der Waals surface area contributed by atoms with Crippen LogP contribution in [-0.4, -0.2) is 6.88 Å². The molecular formula is C24H40Cl2SiZr. The Balaban J connectivity index is 0.00000140. The zero-order valence-electron chi connectivity index (χ0n) is 18.2. The van der Waals surface area contributed by atoms with E-state index in [4.69, 9.17) is 0 Å². The van der Waals surface area contributed by atoms with Gasteiger partial charge >= 0.3 is 164 Å². The van der Waals surface area contributed by atoms with Crippen molar-refractivity contribution in [2.75, 3.05) is 0 Å². The Morgan fingerprint density at radius 1 is 0.821 bits per heavy atom. The molecule has 0 aromatic carbocycles. The third kappa shape index (κ3) is 3.94. The Morgan fingerprint density at radius 3 is 1.57 bits per heavy atom. The second kappa shape index (κ2) is 9.02. The van der Waals surface area contributed by atoms with Crippen LogP contribution in [0.15, 0.2) is 47.6 Å². The monoisotopic (exact) mass is 516 g/mol. The maximum Gasteiger partial charge on any atom is -0.147 e. The van der Waals surface area contributed by atoms with Crippen LogP contribution < -0.4 is 0 Å². The van der Waals surface area contributed by atoms with E-state index in [0.717, 1.165) is 30.9 Å². The molecule has 28 heavy (non-hydrogen) atoms. The van der Waals surface area contributed by atoms with Crippen LogP contribution in [0.25, 0.3) is 0 Å². The van der Waals surface area contributed by atoms with Crippen molar-refractivity contribution in [2.24, 2.45) is 23.7 Å². The summed E-state index contributed by atoms with van der Waals surface area (Å²) in [5.74, 6) is 3.62. The van der Waals surface area contributed by atoms with E-state index in [1.807, 2.05) is 11.1 Å². The number of rotatable bonds is 4. The summed E-state index contributed by atoms with van der Waals surface area (Å²) in [6, 6.07) is 0. The van der Waals surface area contributed by atoms with E-state index in [9.17, 15) is 0 Å². The first-order valence-corrected chi connectivity index (χ1v) is 24.8. The van der Waals surface area contributed by atoms with Gasteiger partial charge in [0.2, 0.25) is 0 Å². The Kier molecular flexibility index (Phi) is 8.02. The third-order valence-electron chi connectivity index (χ3n) is 8.56. The molecule has 4 aliphatic carbocycles. The molecule has 0 nitrogen and oxygen atoms in total. The SMILES string of the molecule is CCC1CC2CC=CC=C2[CH]1[Zr]([CH3])([CH3])(=[SiH2])[CH]1C2=CC=CCC2CC1CC.Cl.Cl. The van der Waals surface area contributed by atoms with E-state index in [2.05, 4.69) is 66.4 Å². The van der Waals surface area contributed by atoms with E-state index in [0.29, 0.717) is 0 Å². The molecule has 4 rings (SSSR count). The predicted octanol–water partition coefficient (Wildman–Crippen LogP) is 7.61.